The first-order chi connectivity index (χ1) is 9.01. The molecule has 5 heteroatoms. The number of nitrogens with zero attached hydrogens (tertiary/aromatic N) is 2. The molecule has 0 aliphatic rings. The number of aromatic nitrogens is 1. The van der Waals surface area contributed by atoms with E-state index in [0.717, 1.165) is 10.2 Å². The van der Waals surface area contributed by atoms with Crippen molar-refractivity contribution < 1.29 is 4.74 Å². The lowest BCUT2D eigenvalue weighted by atomic mass is 10.2. The largest absolute Gasteiger partial charge is 0.454 e. The fraction of sp³-hybridized carbons (Fsp3) is 0.143. The molecule has 0 N–H and O–H groups in total. The summed E-state index contributed by atoms with van der Waals surface area (Å²) in [6.45, 7) is 3.63. The van der Waals surface area contributed by atoms with E-state index in [1.54, 1.807) is 25.1 Å². The van der Waals surface area contributed by atoms with E-state index in [4.69, 9.17) is 16.3 Å². The second kappa shape index (κ2) is 5.60. The summed E-state index contributed by atoms with van der Waals surface area (Å²) >= 11 is 9.44. The molecule has 2 rings (SSSR count). The van der Waals surface area contributed by atoms with Crippen LogP contribution >= 0.6 is 27.5 Å². The maximum Gasteiger partial charge on any atom is 0.148 e. The molecule has 0 fully saturated rings. The molecule has 3 nitrogen and oxygen atoms in total. The van der Waals surface area contributed by atoms with Crippen molar-refractivity contribution in [2.75, 3.05) is 0 Å². The van der Waals surface area contributed by atoms with Crippen molar-refractivity contribution in [2.45, 2.75) is 13.8 Å². The predicted octanol–water partition coefficient (Wildman–Crippen LogP) is 4.78. The number of aryl methyl sites for hydroxylation is 2. The summed E-state index contributed by atoms with van der Waals surface area (Å²) in [5, 5.41) is 9.67. The third-order valence-corrected chi connectivity index (χ3v) is 3.32. The Morgan fingerprint density at radius 1 is 1.26 bits per heavy atom. The molecule has 0 saturated heterocycles. The lowest BCUT2D eigenvalue weighted by Crippen LogP contribution is -1.96. The summed E-state index contributed by atoms with van der Waals surface area (Å²) in [5.41, 5.74) is 1.85. The standard InChI is InChI=1S/C14H10BrClN2O/c1-8-5-13(11(7-17)9(2)18-8)19-14-6-10(15)3-4-12(14)16/h3-6H,1-2H3. The van der Waals surface area contributed by atoms with Gasteiger partial charge in [0.1, 0.15) is 23.1 Å². The van der Waals surface area contributed by atoms with Gasteiger partial charge >= 0.3 is 0 Å². The predicted molar refractivity (Wildman–Crippen MR) is 77.7 cm³/mol. The molecule has 0 aliphatic heterocycles. The number of rotatable bonds is 2. The molecule has 0 amide bonds. The van der Waals surface area contributed by atoms with Crippen LogP contribution < -0.4 is 4.74 Å². The molecule has 1 aromatic heterocycles. The van der Waals surface area contributed by atoms with Crippen molar-refractivity contribution in [3.8, 4) is 17.6 Å². The summed E-state index contributed by atoms with van der Waals surface area (Å²) < 4.78 is 6.60. The second-order valence-corrected chi connectivity index (χ2v) is 5.33. The molecule has 0 unspecified atom stereocenters. The maximum absolute atomic E-state index is 9.18. The Morgan fingerprint density at radius 3 is 2.68 bits per heavy atom. The van der Waals surface area contributed by atoms with E-state index in [9.17, 15) is 5.26 Å². The van der Waals surface area contributed by atoms with Gasteiger partial charge in [0.2, 0.25) is 0 Å². The van der Waals surface area contributed by atoms with Crippen LogP contribution in [0.3, 0.4) is 0 Å². The number of ether oxygens (including phenoxy) is 1. The summed E-state index contributed by atoms with van der Waals surface area (Å²) in [6, 6.07) is 9.14. The minimum atomic E-state index is 0.418. The minimum absolute atomic E-state index is 0.418. The highest BCUT2D eigenvalue weighted by atomic mass is 79.9. The Balaban J connectivity index is 2.49. The van der Waals surface area contributed by atoms with E-state index in [0.29, 0.717) is 27.8 Å². The maximum atomic E-state index is 9.18. The van der Waals surface area contributed by atoms with Gasteiger partial charge in [-0.2, -0.15) is 5.26 Å². The van der Waals surface area contributed by atoms with Crippen molar-refractivity contribution in [1.82, 2.24) is 4.98 Å². The average Bonchev–Trinajstić information content (AvgIpc) is 2.33. The van der Waals surface area contributed by atoms with E-state index in [-0.39, 0.29) is 0 Å². The Bertz CT molecular complexity index is 680. The Morgan fingerprint density at radius 2 is 2.00 bits per heavy atom. The number of pyridine rings is 1. The van der Waals surface area contributed by atoms with Crippen LogP contribution in [0.4, 0.5) is 0 Å². The van der Waals surface area contributed by atoms with Crippen molar-refractivity contribution in [2.24, 2.45) is 0 Å². The van der Waals surface area contributed by atoms with Crippen molar-refractivity contribution in [3.05, 3.63) is 50.7 Å². The van der Waals surface area contributed by atoms with E-state index < -0.39 is 0 Å². The summed E-state index contributed by atoms with van der Waals surface area (Å²) in [7, 11) is 0. The topological polar surface area (TPSA) is 45.9 Å². The molecule has 1 heterocycles. The van der Waals surface area contributed by atoms with Crippen LogP contribution in [-0.4, -0.2) is 4.98 Å². The first kappa shape index (κ1) is 13.9. The van der Waals surface area contributed by atoms with Gasteiger partial charge in [-0.15, -0.1) is 0 Å². The molecule has 0 bridgehead atoms. The van der Waals surface area contributed by atoms with E-state index in [1.807, 2.05) is 13.0 Å². The fourth-order valence-corrected chi connectivity index (χ4v) is 2.18. The van der Waals surface area contributed by atoms with E-state index >= 15 is 0 Å². The number of hydrogen-bond donors (Lipinski definition) is 0. The number of benzene rings is 1. The zero-order valence-corrected chi connectivity index (χ0v) is 12.7. The van der Waals surface area contributed by atoms with Crippen LogP contribution in [0.1, 0.15) is 17.0 Å². The monoisotopic (exact) mass is 336 g/mol. The summed E-state index contributed by atoms with van der Waals surface area (Å²) in [6.07, 6.45) is 0. The molecule has 0 saturated carbocycles. The summed E-state index contributed by atoms with van der Waals surface area (Å²) in [5.74, 6) is 0.963. The van der Waals surface area contributed by atoms with Gasteiger partial charge < -0.3 is 4.74 Å². The first-order valence-corrected chi connectivity index (χ1v) is 6.69. The van der Waals surface area contributed by atoms with Gasteiger partial charge in [0, 0.05) is 16.2 Å². The fourth-order valence-electron chi connectivity index (χ4n) is 1.68. The van der Waals surface area contributed by atoms with Crippen LogP contribution in [-0.2, 0) is 0 Å². The molecule has 0 aliphatic carbocycles. The van der Waals surface area contributed by atoms with Crippen LogP contribution in [0.25, 0.3) is 0 Å². The molecule has 19 heavy (non-hydrogen) atoms. The highest BCUT2D eigenvalue weighted by Gasteiger charge is 2.12. The lowest BCUT2D eigenvalue weighted by Gasteiger charge is -2.11. The second-order valence-electron chi connectivity index (χ2n) is 4.01. The van der Waals surface area contributed by atoms with E-state index in [2.05, 4.69) is 27.0 Å². The van der Waals surface area contributed by atoms with Gasteiger partial charge in [0.15, 0.2) is 0 Å². The third kappa shape index (κ3) is 3.06. The first-order valence-electron chi connectivity index (χ1n) is 5.52. The smallest absolute Gasteiger partial charge is 0.148 e. The highest BCUT2D eigenvalue weighted by molar-refractivity contribution is 9.10. The average molecular weight is 338 g/mol. The van der Waals surface area contributed by atoms with Crippen LogP contribution in [0, 0.1) is 25.2 Å². The normalized spacial score (nSPS) is 10.1. The zero-order valence-electron chi connectivity index (χ0n) is 10.4. The molecule has 96 valence electrons. The SMILES string of the molecule is Cc1cc(Oc2cc(Br)ccc2Cl)c(C#N)c(C)n1. The van der Waals surface area contributed by atoms with Crippen LogP contribution in [0.5, 0.6) is 11.5 Å². The van der Waals surface area contributed by atoms with Gasteiger partial charge in [-0.1, -0.05) is 27.5 Å². The Labute approximate surface area is 124 Å². The molecule has 2 aromatic rings. The van der Waals surface area contributed by atoms with Crippen molar-refractivity contribution in [1.29, 1.82) is 5.26 Å². The van der Waals surface area contributed by atoms with Gasteiger partial charge in [0.25, 0.3) is 0 Å². The highest BCUT2D eigenvalue weighted by Crippen LogP contribution is 2.34. The zero-order chi connectivity index (χ0) is 14.0. The molecule has 0 atom stereocenters. The minimum Gasteiger partial charge on any atom is -0.454 e. The van der Waals surface area contributed by atoms with Crippen molar-refractivity contribution in [3.63, 3.8) is 0 Å². The van der Waals surface area contributed by atoms with Crippen molar-refractivity contribution >= 4 is 27.5 Å². The Kier molecular flexibility index (Phi) is 4.08. The lowest BCUT2D eigenvalue weighted by molar-refractivity contribution is 0.479. The van der Waals surface area contributed by atoms with Gasteiger partial charge in [-0.3, -0.25) is 4.98 Å². The number of halogens is 2. The quantitative estimate of drug-likeness (QED) is 0.792. The molecule has 0 spiro atoms. The van der Waals surface area contributed by atoms with Crippen LogP contribution in [0.15, 0.2) is 28.7 Å². The van der Waals surface area contributed by atoms with E-state index in [1.165, 1.54) is 0 Å². The van der Waals surface area contributed by atoms with Crippen LogP contribution in [0.2, 0.25) is 5.02 Å². The van der Waals surface area contributed by atoms with Gasteiger partial charge in [-0.05, 0) is 32.0 Å². The van der Waals surface area contributed by atoms with Gasteiger partial charge in [0.05, 0.1) is 10.7 Å². The Hall–Kier alpha value is -1.57. The third-order valence-electron chi connectivity index (χ3n) is 2.52. The molecule has 0 radical (unpaired) electrons. The molecular weight excluding hydrogens is 328 g/mol. The molecule has 1 aromatic carbocycles. The summed E-state index contributed by atoms with van der Waals surface area (Å²) in [4.78, 5) is 4.24. The molecular formula is C14H10BrClN2O. The van der Waals surface area contributed by atoms with Gasteiger partial charge in [-0.25, -0.2) is 0 Å². The number of hydrogen-bond acceptors (Lipinski definition) is 3. The number of nitriles is 1.